The standard InChI is InChI=1S/C13H26N2O.ClH/c1-10(2)11(3)13(16)15-7-5-6-12(9-15)8-14-4;/h10-12,14H,5-9H2,1-4H3;1H. The van der Waals surface area contributed by atoms with Crippen molar-refractivity contribution in [1.29, 1.82) is 0 Å². The average Bonchev–Trinajstić information content (AvgIpc) is 2.28. The summed E-state index contributed by atoms with van der Waals surface area (Å²) in [4.78, 5) is 14.3. The van der Waals surface area contributed by atoms with Crippen LogP contribution in [0.4, 0.5) is 0 Å². The Morgan fingerprint density at radius 2 is 2.06 bits per heavy atom. The minimum Gasteiger partial charge on any atom is -0.342 e. The third-order valence-corrected chi connectivity index (χ3v) is 3.71. The second-order valence-corrected chi connectivity index (χ2v) is 5.38. The van der Waals surface area contributed by atoms with Crippen LogP contribution in [-0.2, 0) is 4.79 Å². The number of rotatable bonds is 4. The van der Waals surface area contributed by atoms with Gasteiger partial charge in [-0.3, -0.25) is 4.79 Å². The topological polar surface area (TPSA) is 32.3 Å². The Bertz CT molecular complexity index is 231. The Morgan fingerprint density at radius 1 is 1.41 bits per heavy atom. The first-order valence-electron chi connectivity index (χ1n) is 6.49. The zero-order valence-electron chi connectivity index (χ0n) is 11.5. The Morgan fingerprint density at radius 3 is 2.59 bits per heavy atom. The van der Waals surface area contributed by atoms with Crippen LogP contribution >= 0.6 is 12.4 Å². The SMILES string of the molecule is CNCC1CCCN(C(=O)C(C)C(C)C)C1.Cl. The van der Waals surface area contributed by atoms with Crippen molar-refractivity contribution in [3.05, 3.63) is 0 Å². The highest BCUT2D eigenvalue weighted by Crippen LogP contribution is 2.20. The van der Waals surface area contributed by atoms with Crippen molar-refractivity contribution in [1.82, 2.24) is 10.2 Å². The molecule has 0 radical (unpaired) electrons. The smallest absolute Gasteiger partial charge is 0.225 e. The Kier molecular flexibility index (Phi) is 7.80. The van der Waals surface area contributed by atoms with Crippen LogP contribution < -0.4 is 5.32 Å². The van der Waals surface area contributed by atoms with Crippen LogP contribution in [0.1, 0.15) is 33.6 Å². The summed E-state index contributed by atoms with van der Waals surface area (Å²) < 4.78 is 0. The van der Waals surface area contributed by atoms with Crippen LogP contribution in [0.25, 0.3) is 0 Å². The summed E-state index contributed by atoms with van der Waals surface area (Å²) in [6.07, 6.45) is 2.41. The first kappa shape index (κ1) is 16.7. The third kappa shape index (κ3) is 4.84. The molecule has 0 spiro atoms. The molecule has 2 unspecified atom stereocenters. The summed E-state index contributed by atoms with van der Waals surface area (Å²) in [6.45, 7) is 9.22. The molecule has 17 heavy (non-hydrogen) atoms. The van der Waals surface area contributed by atoms with Gasteiger partial charge >= 0.3 is 0 Å². The summed E-state index contributed by atoms with van der Waals surface area (Å²) >= 11 is 0. The fourth-order valence-corrected chi connectivity index (χ4v) is 2.29. The summed E-state index contributed by atoms with van der Waals surface area (Å²) in [7, 11) is 1.98. The molecule has 1 aliphatic heterocycles. The first-order chi connectivity index (χ1) is 7.56. The van der Waals surface area contributed by atoms with E-state index in [-0.39, 0.29) is 18.3 Å². The molecule has 0 aromatic carbocycles. The molecule has 0 aliphatic carbocycles. The quantitative estimate of drug-likeness (QED) is 0.842. The second-order valence-electron chi connectivity index (χ2n) is 5.38. The van der Waals surface area contributed by atoms with Crippen molar-refractivity contribution in [2.75, 3.05) is 26.7 Å². The molecule has 1 N–H and O–H groups in total. The molecular weight excluding hydrogens is 236 g/mol. The number of carbonyl (C=O) groups excluding carboxylic acids is 1. The van der Waals surface area contributed by atoms with Crippen molar-refractivity contribution >= 4 is 18.3 Å². The van der Waals surface area contributed by atoms with Gasteiger partial charge in [-0.1, -0.05) is 20.8 Å². The molecule has 1 heterocycles. The largest absolute Gasteiger partial charge is 0.342 e. The maximum Gasteiger partial charge on any atom is 0.225 e. The van der Waals surface area contributed by atoms with E-state index in [0.717, 1.165) is 26.1 Å². The zero-order valence-corrected chi connectivity index (χ0v) is 12.3. The number of nitrogens with one attached hydrogen (secondary N) is 1. The van der Waals surface area contributed by atoms with E-state index in [2.05, 4.69) is 31.0 Å². The van der Waals surface area contributed by atoms with Gasteiger partial charge in [0.25, 0.3) is 0 Å². The van der Waals surface area contributed by atoms with Gasteiger partial charge in [-0.05, 0) is 38.3 Å². The normalized spacial score (nSPS) is 22.2. The van der Waals surface area contributed by atoms with E-state index < -0.39 is 0 Å². The van der Waals surface area contributed by atoms with Gasteiger partial charge in [0.15, 0.2) is 0 Å². The van der Waals surface area contributed by atoms with E-state index in [1.54, 1.807) is 0 Å². The monoisotopic (exact) mass is 262 g/mol. The van der Waals surface area contributed by atoms with E-state index in [1.165, 1.54) is 6.42 Å². The summed E-state index contributed by atoms with van der Waals surface area (Å²) in [5.74, 6) is 1.59. The third-order valence-electron chi connectivity index (χ3n) is 3.71. The zero-order chi connectivity index (χ0) is 12.1. The second kappa shape index (κ2) is 7.93. The maximum absolute atomic E-state index is 12.2. The van der Waals surface area contributed by atoms with E-state index in [4.69, 9.17) is 0 Å². The number of amides is 1. The van der Waals surface area contributed by atoms with Crippen molar-refractivity contribution in [3.63, 3.8) is 0 Å². The van der Waals surface area contributed by atoms with E-state index in [9.17, 15) is 4.79 Å². The van der Waals surface area contributed by atoms with Gasteiger partial charge in [0.1, 0.15) is 0 Å². The number of hydrogen-bond acceptors (Lipinski definition) is 2. The summed E-state index contributed by atoms with van der Waals surface area (Å²) in [6, 6.07) is 0. The Labute approximate surface area is 112 Å². The van der Waals surface area contributed by atoms with E-state index in [0.29, 0.717) is 17.7 Å². The molecule has 0 saturated carbocycles. The molecular formula is C13H27ClN2O. The number of halogens is 1. The molecule has 0 aromatic rings. The van der Waals surface area contributed by atoms with Gasteiger partial charge in [-0.15, -0.1) is 12.4 Å². The Hall–Kier alpha value is -0.280. The van der Waals surface area contributed by atoms with Crippen molar-refractivity contribution in [2.24, 2.45) is 17.8 Å². The van der Waals surface area contributed by atoms with Gasteiger partial charge in [0, 0.05) is 19.0 Å². The van der Waals surface area contributed by atoms with Crippen molar-refractivity contribution in [3.8, 4) is 0 Å². The molecule has 3 nitrogen and oxygen atoms in total. The number of hydrogen-bond donors (Lipinski definition) is 1. The predicted molar refractivity (Wildman–Crippen MR) is 74.5 cm³/mol. The van der Waals surface area contributed by atoms with E-state index in [1.807, 2.05) is 7.05 Å². The molecule has 102 valence electrons. The number of nitrogens with zero attached hydrogens (tertiary/aromatic N) is 1. The molecule has 1 saturated heterocycles. The van der Waals surface area contributed by atoms with Gasteiger partial charge in [0.05, 0.1) is 0 Å². The molecule has 4 heteroatoms. The van der Waals surface area contributed by atoms with Gasteiger partial charge in [0.2, 0.25) is 5.91 Å². The molecule has 1 fully saturated rings. The van der Waals surface area contributed by atoms with Crippen LogP contribution in [0.2, 0.25) is 0 Å². The highest BCUT2D eigenvalue weighted by molar-refractivity contribution is 5.85. The number of piperidine rings is 1. The van der Waals surface area contributed by atoms with Gasteiger partial charge in [-0.25, -0.2) is 0 Å². The number of likely N-dealkylation sites (tertiary alicyclic amines) is 1. The van der Waals surface area contributed by atoms with Crippen LogP contribution in [0, 0.1) is 17.8 Å². The lowest BCUT2D eigenvalue weighted by Crippen LogP contribution is -2.45. The fraction of sp³-hybridized carbons (Fsp3) is 0.923. The lowest BCUT2D eigenvalue weighted by Gasteiger charge is -2.35. The molecule has 1 rings (SSSR count). The maximum atomic E-state index is 12.2. The van der Waals surface area contributed by atoms with Gasteiger partial charge < -0.3 is 10.2 Å². The lowest BCUT2D eigenvalue weighted by atomic mass is 9.93. The fourth-order valence-electron chi connectivity index (χ4n) is 2.29. The Balaban J connectivity index is 0.00000256. The molecule has 1 aliphatic rings. The molecule has 2 atom stereocenters. The summed E-state index contributed by atoms with van der Waals surface area (Å²) in [5.41, 5.74) is 0. The predicted octanol–water partition coefficient (Wildman–Crippen LogP) is 2.16. The highest BCUT2D eigenvalue weighted by atomic mass is 35.5. The minimum atomic E-state index is 0. The molecule has 0 bridgehead atoms. The molecule has 0 aromatic heterocycles. The highest BCUT2D eigenvalue weighted by Gasteiger charge is 2.27. The minimum absolute atomic E-state index is 0. The first-order valence-corrected chi connectivity index (χ1v) is 6.49. The van der Waals surface area contributed by atoms with Crippen LogP contribution in [0.5, 0.6) is 0 Å². The van der Waals surface area contributed by atoms with Crippen LogP contribution in [0.3, 0.4) is 0 Å². The summed E-state index contributed by atoms with van der Waals surface area (Å²) in [5, 5.41) is 3.21. The van der Waals surface area contributed by atoms with Crippen molar-refractivity contribution in [2.45, 2.75) is 33.6 Å². The number of carbonyl (C=O) groups is 1. The van der Waals surface area contributed by atoms with Crippen LogP contribution in [0.15, 0.2) is 0 Å². The average molecular weight is 263 g/mol. The van der Waals surface area contributed by atoms with Crippen LogP contribution in [-0.4, -0.2) is 37.5 Å². The van der Waals surface area contributed by atoms with Crippen molar-refractivity contribution < 1.29 is 4.79 Å². The van der Waals surface area contributed by atoms with E-state index >= 15 is 0 Å². The molecule has 1 amide bonds. The van der Waals surface area contributed by atoms with Gasteiger partial charge in [-0.2, -0.15) is 0 Å². The lowest BCUT2D eigenvalue weighted by molar-refractivity contribution is -0.138.